The number of ether oxygens (including phenoxy) is 3. The number of aliphatic hydroxyl groups is 1. The maximum atomic E-state index is 11.6. The Kier molecular flexibility index (Phi) is 9.64. The third-order valence-corrected chi connectivity index (χ3v) is 10.6. The first kappa shape index (κ1) is 34.8. The van der Waals surface area contributed by atoms with E-state index in [2.05, 4.69) is 10.2 Å². The fourth-order valence-electron chi connectivity index (χ4n) is 7.30. The number of methoxy groups -OCH3 is 3. The summed E-state index contributed by atoms with van der Waals surface area (Å²) in [5.41, 5.74) is 5.95. The molecule has 0 unspecified atom stereocenters. The van der Waals surface area contributed by atoms with Crippen molar-refractivity contribution >= 4 is 28.5 Å². The number of likely N-dealkylation sites (tertiary alicyclic amines) is 1. The Morgan fingerprint density at radius 1 is 0.980 bits per heavy atom. The molecule has 1 aliphatic heterocycles. The van der Waals surface area contributed by atoms with Crippen LogP contribution in [0.25, 0.3) is 39.0 Å². The molecule has 3 aromatic carbocycles. The number of hydrogen-bond donors (Lipinski definition) is 3. The quantitative estimate of drug-likeness (QED) is 0.130. The van der Waals surface area contributed by atoms with Crippen molar-refractivity contribution in [3.05, 3.63) is 83.0 Å². The van der Waals surface area contributed by atoms with E-state index in [1.807, 2.05) is 71.5 Å². The normalized spacial score (nSPS) is 18.2. The van der Waals surface area contributed by atoms with Crippen LogP contribution < -0.4 is 19.5 Å². The van der Waals surface area contributed by atoms with Crippen LogP contribution in [0.2, 0.25) is 5.02 Å². The van der Waals surface area contributed by atoms with Crippen molar-refractivity contribution in [2.24, 2.45) is 11.3 Å². The van der Waals surface area contributed by atoms with Gasteiger partial charge in [0.05, 0.1) is 66.5 Å². The Morgan fingerprint density at radius 2 is 1.67 bits per heavy atom. The van der Waals surface area contributed by atoms with Crippen LogP contribution >= 0.6 is 11.6 Å². The molecule has 1 saturated carbocycles. The molecular formula is C39H42ClN5O6. The molecule has 0 amide bonds. The number of rotatable bonds is 13. The molecule has 11 nitrogen and oxygen atoms in total. The second-order valence-corrected chi connectivity index (χ2v) is 14.2. The molecule has 12 heteroatoms. The van der Waals surface area contributed by atoms with Gasteiger partial charge in [0.1, 0.15) is 11.5 Å². The number of nitrogens with zero attached hydrogens (tertiary/aromatic N) is 4. The van der Waals surface area contributed by atoms with Gasteiger partial charge in [-0.15, -0.1) is 0 Å². The third-order valence-electron chi connectivity index (χ3n) is 10.2. The second kappa shape index (κ2) is 14.1. The molecule has 0 spiro atoms. The van der Waals surface area contributed by atoms with Gasteiger partial charge >= 0.3 is 5.97 Å². The number of carbonyl (C=O) groups is 1. The molecule has 51 heavy (non-hydrogen) atoms. The van der Waals surface area contributed by atoms with Crippen LogP contribution in [-0.2, 0) is 17.9 Å². The SMILES string of the molecule is COc1cc(-n2ncc3c(-c4cccc(-c5ccc(CNCC6CC(O)C6)c(OC)n5)c4Cl)cccc32)cc(OC)c1CN1CC(C)(C(=O)O)C1. The summed E-state index contributed by atoms with van der Waals surface area (Å²) < 4.78 is 19.2. The monoisotopic (exact) mass is 711 g/mol. The average molecular weight is 712 g/mol. The van der Waals surface area contributed by atoms with E-state index in [0.29, 0.717) is 60.2 Å². The van der Waals surface area contributed by atoms with Crippen molar-refractivity contribution in [3.8, 4) is 45.5 Å². The maximum absolute atomic E-state index is 11.6. The van der Waals surface area contributed by atoms with Crippen LogP contribution in [0.5, 0.6) is 17.4 Å². The third kappa shape index (κ3) is 6.62. The van der Waals surface area contributed by atoms with Gasteiger partial charge in [-0.2, -0.15) is 5.10 Å². The van der Waals surface area contributed by atoms with Crippen LogP contribution in [0.15, 0.2) is 66.9 Å². The van der Waals surface area contributed by atoms with Crippen LogP contribution in [0, 0.1) is 11.3 Å². The van der Waals surface area contributed by atoms with Gasteiger partial charge in [0.15, 0.2) is 0 Å². The lowest BCUT2D eigenvalue weighted by Crippen LogP contribution is -2.58. The van der Waals surface area contributed by atoms with E-state index in [0.717, 1.165) is 63.8 Å². The molecule has 266 valence electrons. The lowest BCUT2D eigenvalue weighted by atomic mass is 9.82. The van der Waals surface area contributed by atoms with E-state index in [4.69, 9.17) is 35.9 Å². The van der Waals surface area contributed by atoms with Crippen LogP contribution in [0.1, 0.15) is 30.9 Å². The number of nitrogens with one attached hydrogen (secondary N) is 1. The topological polar surface area (TPSA) is 131 Å². The summed E-state index contributed by atoms with van der Waals surface area (Å²) in [6, 6.07) is 19.8. The summed E-state index contributed by atoms with van der Waals surface area (Å²) in [6.45, 7) is 4.63. The molecule has 5 aromatic rings. The smallest absolute Gasteiger partial charge is 0.311 e. The number of hydrogen-bond acceptors (Lipinski definition) is 9. The van der Waals surface area contributed by atoms with Gasteiger partial charge in [0.25, 0.3) is 0 Å². The second-order valence-electron chi connectivity index (χ2n) is 13.8. The number of aliphatic hydroxyl groups excluding tert-OH is 1. The summed E-state index contributed by atoms with van der Waals surface area (Å²) >= 11 is 7.17. The highest BCUT2D eigenvalue weighted by Crippen LogP contribution is 2.41. The van der Waals surface area contributed by atoms with Gasteiger partial charge in [-0.05, 0) is 49.9 Å². The van der Waals surface area contributed by atoms with Crippen molar-refractivity contribution < 1.29 is 29.2 Å². The maximum Gasteiger partial charge on any atom is 0.311 e. The Hall–Kier alpha value is -4.68. The molecule has 0 atom stereocenters. The molecule has 1 aliphatic carbocycles. The Bertz CT molecular complexity index is 2060. The summed E-state index contributed by atoms with van der Waals surface area (Å²) in [7, 11) is 4.85. The predicted octanol–water partition coefficient (Wildman–Crippen LogP) is 6.20. The van der Waals surface area contributed by atoms with E-state index >= 15 is 0 Å². The standard InChI is InChI=1S/C39H42ClN5O6/c1-39(38(47)48)21-44(22-39)20-31-34(49-2)15-25(16-35(31)50-3)45-33-10-6-7-27(30(33)19-42-45)28-8-5-9-29(36(28)40)32-12-11-24(37(43-32)51-4)18-41-17-23-13-26(46)14-23/h5-12,15-16,19,23,26,41,46H,13-14,17-18,20-22H2,1-4H3,(H,47,48). The number of carboxylic acid groups (broad SMARTS) is 1. The van der Waals surface area contributed by atoms with Gasteiger partial charge in [0.2, 0.25) is 5.88 Å². The minimum atomic E-state index is -0.789. The van der Waals surface area contributed by atoms with Crippen LogP contribution in [0.3, 0.4) is 0 Å². The zero-order valence-electron chi connectivity index (χ0n) is 29.1. The molecule has 2 fully saturated rings. The van der Waals surface area contributed by atoms with E-state index in [9.17, 15) is 15.0 Å². The number of aliphatic carboxylic acids is 1. The number of aromatic nitrogens is 3. The molecule has 0 radical (unpaired) electrons. The fraction of sp³-hybridized carbons (Fsp3) is 0.359. The number of benzene rings is 3. The van der Waals surface area contributed by atoms with E-state index < -0.39 is 11.4 Å². The van der Waals surface area contributed by atoms with Crippen molar-refractivity contribution in [1.29, 1.82) is 0 Å². The number of carboxylic acids is 1. The molecule has 7 rings (SSSR count). The molecule has 3 heterocycles. The van der Waals surface area contributed by atoms with Crippen LogP contribution in [0.4, 0.5) is 0 Å². The van der Waals surface area contributed by atoms with Gasteiger partial charge in [0, 0.05) is 60.4 Å². The van der Waals surface area contributed by atoms with Gasteiger partial charge in [-0.3, -0.25) is 9.69 Å². The highest BCUT2D eigenvalue weighted by atomic mass is 35.5. The predicted molar refractivity (Wildman–Crippen MR) is 196 cm³/mol. The van der Waals surface area contributed by atoms with Gasteiger partial charge < -0.3 is 29.7 Å². The molecule has 2 aliphatic rings. The highest BCUT2D eigenvalue weighted by molar-refractivity contribution is 6.36. The van der Waals surface area contributed by atoms with Crippen molar-refractivity contribution in [3.63, 3.8) is 0 Å². The lowest BCUT2D eigenvalue weighted by molar-refractivity contribution is -0.158. The summed E-state index contributed by atoms with van der Waals surface area (Å²) in [5.74, 6) is 1.52. The molecule has 0 bridgehead atoms. The van der Waals surface area contributed by atoms with Crippen LogP contribution in [-0.4, -0.2) is 82.9 Å². The molecule has 3 N–H and O–H groups in total. The van der Waals surface area contributed by atoms with Gasteiger partial charge in [-0.25, -0.2) is 9.67 Å². The number of fused-ring (bicyclic) bond motifs is 1. The first-order chi connectivity index (χ1) is 24.6. The largest absolute Gasteiger partial charge is 0.496 e. The number of pyridine rings is 1. The molecular weight excluding hydrogens is 670 g/mol. The Morgan fingerprint density at radius 3 is 2.33 bits per heavy atom. The molecule has 2 aromatic heterocycles. The highest BCUT2D eigenvalue weighted by Gasteiger charge is 2.45. The Labute approximate surface area is 301 Å². The zero-order valence-corrected chi connectivity index (χ0v) is 29.9. The summed E-state index contributed by atoms with van der Waals surface area (Å²) in [5, 5.41) is 28.9. The fourth-order valence-corrected chi connectivity index (χ4v) is 7.62. The van der Waals surface area contributed by atoms with E-state index in [1.54, 1.807) is 28.3 Å². The average Bonchev–Trinajstić information content (AvgIpc) is 3.55. The zero-order chi connectivity index (χ0) is 35.9. The lowest BCUT2D eigenvalue weighted by Gasteiger charge is -2.45. The van der Waals surface area contributed by atoms with Crippen molar-refractivity contribution in [2.75, 3.05) is 41.0 Å². The Balaban J connectivity index is 1.17. The van der Waals surface area contributed by atoms with E-state index in [-0.39, 0.29) is 6.10 Å². The van der Waals surface area contributed by atoms with Crippen molar-refractivity contribution in [1.82, 2.24) is 25.0 Å². The summed E-state index contributed by atoms with van der Waals surface area (Å²) in [6.07, 6.45) is 3.36. The van der Waals surface area contributed by atoms with E-state index in [1.165, 1.54) is 0 Å². The summed E-state index contributed by atoms with van der Waals surface area (Å²) in [4.78, 5) is 18.5. The van der Waals surface area contributed by atoms with Gasteiger partial charge in [-0.1, -0.05) is 48.0 Å². The first-order valence-corrected chi connectivity index (χ1v) is 17.4. The number of halogens is 1. The minimum absolute atomic E-state index is 0.162. The molecule has 1 saturated heterocycles. The first-order valence-electron chi connectivity index (χ1n) is 17.0. The minimum Gasteiger partial charge on any atom is -0.496 e. The van der Waals surface area contributed by atoms with Crippen molar-refractivity contribution in [2.45, 2.75) is 39.0 Å².